The highest BCUT2D eigenvalue weighted by atomic mass is 16.5. The summed E-state index contributed by atoms with van der Waals surface area (Å²) in [6.45, 7) is 4.55. The Hall–Kier alpha value is -1.31. The molecule has 0 radical (unpaired) electrons. The van der Waals surface area contributed by atoms with E-state index in [-0.39, 0.29) is 11.9 Å². The van der Waals surface area contributed by atoms with Gasteiger partial charge in [0, 0.05) is 0 Å². The molecule has 0 heterocycles. The highest BCUT2D eigenvalue weighted by Gasteiger charge is 2.43. The van der Waals surface area contributed by atoms with E-state index in [1.165, 1.54) is 16.7 Å². The number of hydrogen-bond donors (Lipinski definition) is 0. The minimum Gasteiger partial charge on any atom is -0.466 e. The Morgan fingerprint density at radius 1 is 1.32 bits per heavy atom. The van der Waals surface area contributed by atoms with Crippen LogP contribution in [0, 0.1) is 18.8 Å². The first kappa shape index (κ1) is 12.7. The van der Waals surface area contributed by atoms with E-state index in [1.807, 2.05) is 6.92 Å². The fourth-order valence-electron chi connectivity index (χ4n) is 4.03. The lowest BCUT2D eigenvalue weighted by atomic mass is 9.74. The van der Waals surface area contributed by atoms with Crippen LogP contribution in [0.25, 0.3) is 0 Å². The van der Waals surface area contributed by atoms with Gasteiger partial charge in [-0.05, 0) is 62.5 Å². The predicted octanol–water partition coefficient (Wildman–Crippen LogP) is 3.61. The van der Waals surface area contributed by atoms with Crippen molar-refractivity contribution in [2.24, 2.45) is 11.8 Å². The Morgan fingerprint density at radius 2 is 2.16 bits per heavy atom. The molecule has 0 aromatic heterocycles. The fraction of sp³-hybridized carbons (Fsp3) is 0.588. The molecule has 2 aliphatic rings. The smallest absolute Gasteiger partial charge is 0.309 e. The van der Waals surface area contributed by atoms with E-state index >= 15 is 0 Å². The molecule has 3 atom stereocenters. The van der Waals surface area contributed by atoms with Crippen molar-refractivity contribution in [1.82, 2.24) is 0 Å². The van der Waals surface area contributed by atoms with Crippen molar-refractivity contribution in [3.63, 3.8) is 0 Å². The zero-order chi connectivity index (χ0) is 13.4. The number of rotatable bonds is 2. The van der Waals surface area contributed by atoms with Gasteiger partial charge in [-0.15, -0.1) is 0 Å². The zero-order valence-corrected chi connectivity index (χ0v) is 11.8. The molecular weight excluding hydrogens is 236 g/mol. The number of carbonyl (C=O) groups is 1. The summed E-state index contributed by atoms with van der Waals surface area (Å²) in [4.78, 5) is 12.0. The minimum absolute atomic E-state index is 0.0329. The lowest BCUT2D eigenvalue weighted by Gasteiger charge is -2.31. The number of aryl methyl sites for hydroxylation is 2. The van der Waals surface area contributed by atoms with Crippen molar-refractivity contribution in [2.75, 3.05) is 6.61 Å². The summed E-state index contributed by atoms with van der Waals surface area (Å²) in [5.41, 5.74) is 4.34. The fourth-order valence-corrected chi connectivity index (χ4v) is 4.03. The Morgan fingerprint density at radius 3 is 2.95 bits per heavy atom. The standard InChI is InChI=1S/C17H22O2/c1-3-19-17(18)16-9-8-14-13-6-4-11(2)10-12(13)5-7-15(14)16/h4,6,10,14-16H,3,5,7-9H2,1-2H3/t14?,15?,16-/m1/s1. The molecule has 3 rings (SSSR count). The lowest BCUT2D eigenvalue weighted by molar-refractivity contribution is -0.149. The van der Waals surface area contributed by atoms with Crippen LogP contribution in [0.15, 0.2) is 18.2 Å². The molecule has 1 aromatic rings. The number of benzene rings is 1. The van der Waals surface area contributed by atoms with Gasteiger partial charge < -0.3 is 4.74 Å². The molecule has 19 heavy (non-hydrogen) atoms. The van der Waals surface area contributed by atoms with Crippen LogP contribution in [0.1, 0.15) is 48.8 Å². The van der Waals surface area contributed by atoms with Gasteiger partial charge in [-0.1, -0.05) is 23.8 Å². The molecule has 0 bridgehead atoms. The van der Waals surface area contributed by atoms with Gasteiger partial charge in [-0.3, -0.25) is 4.79 Å². The Kier molecular flexibility index (Phi) is 3.34. The van der Waals surface area contributed by atoms with Gasteiger partial charge in [0.1, 0.15) is 0 Å². The van der Waals surface area contributed by atoms with Crippen LogP contribution in [-0.2, 0) is 16.0 Å². The maximum atomic E-state index is 12.0. The number of hydrogen-bond acceptors (Lipinski definition) is 2. The lowest BCUT2D eigenvalue weighted by Crippen LogP contribution is -2.27. The number of esters is 1. The second kappa shape index (κ2) is 4.99. The quantitative estimate of drug-likeness (QED) is 0.757. The van der Waals surface area contributed by atoms with Crippen LogP contribution in [0.3, 0.4) is 0 Å². The molecule has 2 nitrogen and oxygen atoms in total. The Labute approximate surface area is 115 Å². The molecule has 0 spiro atoms. The first-order valence-electron chi connectivity index (χ1n) is 7.46. The molecular formula is C17H22O2. The molecule has 0 N–H and O–H groups in total. The van der Waals surface area contributed by atoms with E-state index in [2.05, 4.69) is 25.1 Å². The van der Waals surface area contributed by atoms with Gasteiger partial charge in [0.15, 0.2) is 0 Å². The average molecular weight is 258 g/mol. The molecule has 1 saturated carbocycles. The summed E-state index contributed by atoms with van der Waals surface area (Å²) in [5.74, 6) is 1.26. The molecule has 0 amide bonds. The van der Waals surface area contributed by atoms with E-state index < -0.39 is 0 Å². The predicted molar refractivity (Wildman–Crippen MR) is 75.1 cm³/mol. The minimum atomic E-state index is 0.0329. The largest absolute Gasteiger partial charge is 0.466 e. The van der Waals surface area contributed by atoms with Crippen molar-refractivity contribution >= 4 is 5.97 Å². The number of ether oxygens (including phenoxy) is 1. The molecule has 0 saturated heterocycles. The first-order valence-corrected chi connectivity index (χ1v) is 7.46. The van der Waals surface area contributed by atoms with E-state index in [0.717, 1.165) is 25.7 Å². The summed E-state index contributed by atoms with van der Waals surface area (Å²) in [5, 5.41) is 0. The van der Waals surface area contributed by atoms with Crippen LogP contribution in [0.4, 0.5) is 0 Å². The van der Waals surface area contributed by atoms with E-state index in [0.29, 0.717) is 18.4 Å². The van der Waals surface area contributed by atoms with Crippen molar-refractivity contribution in [1.29, 1.82) is 0 Å². The van der Waals surface area contributed by atoms with Crippen molar-refractivity contribution in [3.05, 3.63) is 34.9 Å². The van der Waals surface area contributed by atoms with Gasteiger partial charge in [-0.2, -0.15) is 0 Å². The van der Waals surface area contributed by atoms with Gasteiger partial charge in [0.05, 0.1) is 12.5 Å². The average Bonchev–Trinajstić information content (AvgIpc) is 2.82. The van der Waals surface area contributed by atoms with Gasteiger partial charge in [-0.25, -0.2) is 0 Å². The summed E-state index contributed by atoms with van der Waals surface area (Å²) >= 11 is 0. The highest BCUT2D eigenvalue weighted by Crippen LogP contribution is 2.50. The van der Waals surface area contributed by atoms with Crippen LogP contribution >= 0.6 is 0 Å². The summed E-state index contributed by atoms with van der Waals surface area (Å²) < 4.78 is 5.24. The van der Waals surface area contributed by atoms with Crippen LogP contribution in [0.5, 0.6) is 0 Å². The Balaban J connectivity index is 1.85. The summed E-state index contributed by atoms with van der Waals surface area (Å²) in [6.07, 6.45) is 4.41. The molecule has 102 valence electrons. The zero-order valence-electron chi connectivity index (χ0n) is 11.8. The number of fused-ring (bicyclic) bond motifs is 3. The van der Waals surface area contributed by atoms with Gasteiger partial charge >= 0.3 is 5.97 Å². The van der Waals surface area contributed by atoms with Crippen molar-refractivity contribution in [3.8, 4) is 0 Å². The molecule has 2 aliphatic carbocycles. The van der Waals surface area contributed by atoms with E-state index in [9.17, 15) is 4.79 Å². The molecule has 1 fully saturated rings. The third kappa shape index (κ3) is 2.18. The van der Waals surface area contributed by atoms with Crippen LogP contribution in [0.2, 0.25) is 0 Å². The first-order chi connectivity index (χ1) is 9.20. The monoisotopic (exact) mass is 258 g/mol. The molecule has 2 unspecified atom stereocenters. The second-order valence-electron chi connectivity index (χ2n) is 5.95. The number of carbonyl (C=O) groups excluding carboxylic acids is 1. The second-order valence-corrected chi connectivity index (χ2v) is 5.95. The van der Waals surface area contributed by atoms with Crippen LogP contribution in [-0.4, -0.2) is 12.6 Å². The SMILES string of the molecule is CCOC(=O)[C@@H]1CCC2c3ccc(C)cc3CCC21. The Bertz CT molecular complexity index is 492. The maximum absolute atomic E-state index is 12.0. The topological polar surface area (TPSA) is 26.3 Å². The summed E-state index contributed by atoms with van der Waals surface area (Å²) in [6, 6.07) is 6.82. The van der Waals surface area contributed by atoms with Crippen LogP contribution < -0.4 is 0 Å². The molecule has 0 aliphatic heterocycles. The molecule has 1 aromatic carbocycles. The van der Waals surface area contributed by atoms with Gasteiger partial charge in [0.25, 0.3) is 0 Å². The third-order valence-corrected chi connectivity index (χ3v) is 4.86. The van der Waals surface area contributed by atoms with Gasteiger partial charge in [0.2, 0.25) is 0 Å². The van der Waals surface area contributed by atoms with Crippen molar-refractivity contribution in [2.45, 2.75) is 45.4 Å². The maximum Gasteiger partial charge on any atom is 0.309 e. The van der Waals surface area contributed by atoms with E-state index in [1.54, 1.807) is 0 Å². The van der Waals surface area contributed by atoms with E-state index in [4.69, 9.17) is 4.74 Å². The third-order valence-electron chi connectivity index (χ3n) is 4.86. The van der Waals surface area contributed by atoms with Crippen molar-refractivity contribution < 1.29 is 9.53 Å². The summed E-state index contributed by atoms with van der Waals surface area (Å²) in [7, 11) is 0. The molecule has 2 heteroatoms. The highest BCUT2D eigenvalue weighted by molar-refractivity contribution is 5.73. The normalized spacial score (nSPS) is 28.6.